The van der Waals surface area contributed by atoms with Gasteiger partial charge in [-0.3, -0.25) is 4.79 Å². The molecule has 2 N–H and O–H groups in total. The third-order valence-electron chi connectivity index (χ3n) is 5.42. The van der Waals surface area contributed by atoms with Crippen molar-refractivity contribution in [2.24, 2.45) is 5.96 Å². The number of aromatic nitrogens is 2. The second-order valence-electron chi connectivity index (χ2n) is 7.21. The standard InChI is InChI=1S/C23H25ClF2N4O.FH2N/c1-4-15(3)19-14-29(23(31)17-9-6-8-16(20(17)24)21(25)26)12-13-30(19)18(5-2)22-27-10-7-11-28-22;1-2/h5-11,21H,4,12-14H2,1-3H3;2H2/b18-5-,19-15+;. The van der Waals surface area contributed by atoms with Gasteiger partial charge in [0.2, 0.25) is 0 Å². The van der Waals surface area contributed by atoms with Crippen LogP contribution >= 0.6 is 11.6 Å². The number of allylic oxidation sites excluding steroid dienone is 2. The van der Waals surface area contributed by atoms with Crippen LogP contribution in [0.25, 0.3) is 5.70 Å². The summed E-state index contributed by atoms with van der Waals surface area (Å²) >= 11 is 6.15. The Morgan fingerprint density at radius 1 is 1.21 bits per heavy atom. The van der Waals surface area contributed by atoms with E-state index in [-0.39, 0.29) is 22.1 Å². The molecule has 0 saturated carbocycles. The lowest BCUT2D eigenvalue weighted by Gasteiger charge is -2.40. The summed E-state index contributed by atoms with van der Waals surface area (Å²) in [5, 5.41) is -0.186. The molecule has 0 radical (unpaired) electrons. The number of amides is 1. The Labute approximate surface area is 196 Å². The van der Waals surface area contributed by atoms with E-state index in [1.54, 1.807) is 23.4 Å². The Bertz CT molecular complexity index is 1010. The van der Waals surface area contributed by atoms with Gasteiger partial charge < -0.3 is 9.80 Å². The van der Waals surface area contributed by atoms with Gasteiger partial charge in [-0.15, -0.1) is 4.48 Å². The van der Waals surface area contributed by atoms with Crippen LogP contribution in [0.5, 0.6) is 0 Å². The highest BCUT2D eigenvalue weighted by molar-refractivity contribution is 6.34. The topological polar surface area (TPSA) is 75.4 Å². The van der Waals surface area contributed by atoms with Crippen LogP contribution in [-0.2, 0) is 0 Å². The van der Waals surface area contributed by atoms with Crippen molar-refractivity contribution in [1.82, 2.24) is 19.8 Å². The van der Waals surface area contributed by atoms with Crippen LogP contribution < -0.4 is 5.96 Å². The summed E-state index contributed by atoms with van der Waals surface area (Å²) in [6.07, 6.45) is 3.42. The largest absolute Gasteiger partial charge is 0.339 e. The van der Waals surface area contributed by atoms with Gasteiger partial charge in [0.05, 0.1) is 22.8 Å². The van der Waals surface area contributed by atoms with Gasteiger partial charge in [0.1, 0.15) is 0 Å². The van der Waals surface area contributed by atoms with E-state index in [0.717, 1.165) is 23.4 Å². The molecule has 6 nitrogen and oxygen atoms in total. The van der Waals surface area contributed by atoms with Crippen LogP contribution in [0, 0.1) is 0 Å². The smallest absolute Gasteiger partial charge is 0.265 e. The highest BCUT2D eigenvalue weighted by Gasteiger charge is 2.30. The predicted octanol–water partition coefficient (Wildman–Crippen LogP) is 5.40. The van der Waals surface area contributed by atoms with Gasteiger partial charge in [-0.2, -0.15) is 5.96 Å². The van der Waals surface area contributed by atoms with E-state index < -0.39 is 6.43 Å². The van der Waals surface area contributed by atoms with Crippen molar-refractivity contribution in [2.45, 2.75) is 33.6 Å². The molecule has 1 aromatic carbocycles. The monoisotopic (exact) mass is 481 g/mol. The SMILES string of the molecule is C/C=C(/c1ncccn1)N1CCN(C(=O)c2cccc(C(F)F)c2Cl)C/C1=C(/C)CC.NF. The fourth-order valence-corrected chi connectivity index (χ4v) is 3.89. The Balaban J connectivity index is 0.00000187. The number of hydrogen-bond acceptors (Lipinski definition) is 5. The molecular formula is C23H27ClF3N5O. The van der Waals surface area contributed by atoms with Crippen molar-refractivity contribution in [3.63, 3.8) is 0 Å². The third-order valence-corrected chi connectivity index (χ3v) is 5.85. The van der Waals surface area contributed by atoms with Crippen LogP contribution in [0.3, 0.4) is 0 Å². The second-order valence-corrected chi connectivity index (χ2v) is 7.59. The van der Waals surface area contributed by atoms with E-state index in [9.17, 15) is 13.6 Å². The number of carbonyl (C=O) groups is 1. The van der Waals surface area contributed by atoms with Crippen molar-refractivity contribution in [3.05, 3.63) is 76.0 Å². The fraction of sp³-hybridized carbons (Fsp3) is 0.348. The molecule has 33 heavy (non-hydrogen) atoms. The molecule has 0 aliphatic carbocycles. The number of hydrogen-bond donors (Lipinski definition) is 1. The number of nitrogens with two attached hydrogens (primary N) is 1. The molecule has 0 unspecified atom stereocenters. The summed E-state index contributed by atoms with van der Waals surface area (Å²) in [6.45, 7) is 7.30. The van der Waals surface area contributed by atoms with E-state index >= 15 is 0 Å². The van der Waals surface area contributed by atoms with Crippen LogP contribution in [0.4, 0.5) is 13.3 Å². The average molecular weight is 482 g/mol. The van der Waals surface area contributed by atoms with Crippen molar-refractivity contribution in [1.29, 1.82) is 0 Å². The highest BCUT2D eigenvalue weighted by atomic mass is 35.5. The van der Waals surface area contributed by atoms with E-state index in [2.05, 4.69) is 27.7 Å². The van der Waals surface area contributed by atoms with Gasteiger partial charge >= 0.3 is 0 Å². The first-order chi connectivity index (χ1) is 15.9. The minimum Gasteiger partial charge on any atom is -0.339 e. The van der Waals surface area contributed by atoms with Crippen molar-refractivity contribution in [3.8, 4) is 0 Å². The molecule has 178 valence electrons. The van der Waals surface area contributed by atoms with Crippen LogP contribution in [0.2, 0.25) is 5.02 Å². The molecule has 1 aliphatic heterocycles. The normalized spacial score (nSPS) is 15.8. The molecule has 2 heterocycles. The molecule has 1 amide bonds. The number of piperazine rings is 1. The minimum absolute atomic E-state index is 0.0964. The molecule has 1 aliphatic rings. The molecule has 0 spiro atoms. The van der Waals surface area contributed by atoms with E-state index in [1.807, 2.05) is 19.9 Å². The van der Waals surface area contributed by atoms with Gasteiger partial charge in [-0.1, -0.05) is 42.3 Å². The maximum absolute atomic E-state index is 13.2. The van der Waals surface area contributed by atoms with Gasteiger partial charge in [0, 0.05) is 36.7 Å². The summed E-state index contributed by atoms with van der Waals surface area (Å²) in [6, 6.07) is 5.94. The zero-order valence-corrected chi connectivity index (χ0v) is 19.5. The molecule has 0 bridgehead atoms. The molecule has 1 fully saturated rings. The number of rotatable bonds is 5. The lowest BCUT2D eigenvalue weighted by Crippen LogP contribution is -2.47. The van der Waals surface area contributed by atoms with Crippen molar-refractivity contribution >= 4 is 23.2 Å². The molecule has 1 saturated heterocycles. The predicted molar refractivity (Wildman–Crippen MR) is 123 cm³/mol. The van der Waals surface area contributed by atoms with Crippen molar-refractivity contribution in [2.75, 3.05) is 19.6 Å². The number of alkyl halides is 2. The number of benzene rings is 1. The Morgan fingerprint density at radius 2 is 1.88 bits per heavy atom. The zero-order chi connectivity index (χ0) is 24.5. The van der Waals surface area contributed by atoms with Crippen LogP contribution in [0.15, 0.2) is 54.0 Å². The molecule has 10 heteroatoms. The third kappa shape index (κ3) is 5.91. The quantitative estimate of drug-likeness (QED) is 0.579. The number of nitrogens with zero attached hydrogens (tertiary/aromatic N) is 4. The molecule has 0 atom stereocenters. The van der Waals surface area contributed by atoms with E-state index in [0.29, 0.717) is 25.5 Å². The Morgan fingerprint density at radius 3 is 2.45 bits per heavy atom. The lowest BCUT2D eigenvalue weighted by molar-refractivity contribution is 0.0722. The van der Waals surface area contributed by atoms with Crippen molar-refractivity contribution < 1.29 is 18.1 Å². The summed E-state index contributed by atoms with van der Waals surface area (Å²) in [5.41, 5.74) is 2.74. The molecule has 3 rings (SSSR count). The van der Waals surface area contributed by atoms with E-state index in [4.69, 9.17) is 16.1 Å². The summed E-state index contributed by atoms with van der Waals surface area (Å²) < 4.78 is 35.5. The Kier molecular flexibility index (Phi) is 9.87. The number of carbonyl (C=O) groups excluding carboxylic acids is 1. The molecule has 1 aromatic heterocycles. The fourth-order valence-electron chi connectivity index (χ4n) is 3.60. The maximum atomic E-state index is 13.2. The maximum Gasteiger partial charge on any atom is 0.265 e. The summed E-state index contributed by atoms with van der Waals surface area (Å²) in [5.74, 6) is 3.26. The number of halogens is 4. The van der Waals surface area contributed by atoms with Gasteiger partial charge in [0.15, 0.2) is 5.82 Å². The first kappa shape index (κ1) is 26.3. The molecule has 2 aromatic rings. The van der Waals surface area contributed by atoms with E-state index in [1.165, 1.54) is 18.2 Å². The Hall–Kier alpha value is -2.91. The van der Waals surface area contributed by atoms with Gasteiger partial charge in [-0.25, -0.2) is 18.7 Å². The van der Waals surface area contributed by atoms with Crippen LogP contribution in [0.1, 0.15) is 55.4 Å². The average Bonchev–Trinajstić information content (AvgIpc) is 2.85. The first-order valence-electron chi connectivity index (χ1n) is 10.4. The van der Waals surface area contributed by atoms with Crippen LogP contribution in [-0.4, -0.2) is 45.3 Å². The molecular weight excluding hydrogens is 455 g/mol. The summed E-state index contributed by atoms with van der Waals surface area (Å²) in [4.78, 5) is 25.7. The van der Waals surface area contributed by atoms with Gasteiger partial charge in [0.25, 0.3) is 12.3 Å². The summed E-state index contributed by atoms with van der Waals surface area (Å²) in [7, 11) is 0. The van der Waals surface area contributed by atoms with Gasteiger partial charge in [-0.05, 0) is 32.4 Å². The second kappa shape index (κ2) is 12.4. The minimum atomic E-state index is -2.74. The lowest BCUT2D eigenvalue weighted by atomic mass is 10.1. The highest BCUT2D eigenvalue weighted by Crippen LogP contribution is 2.32. The zero-order valence-electron chi connectivity index (χ0n) is 18.7. The first-order valence-corrected chi connectivity index (χ1v) is 10.7.